The highest BCUT2D eigenvalue weighted by Crippen LogP contribution is 2.21. The van der Waals surface area contributed by atoms with Crippen LogP contribution in [0.5, 0.6) is 0 Å². The van der Waals surface area contributed by atoms with E-state index >= 15 is 0 Å². The van der Waals surface area contributed by atoms with Gasteiger partial charge < -0.3 is 0 Å². The van der Waals surface area contributed by atoms with Crippen LogP contribution in [0.1, 0.15) is 22.3 Å². The lowest BCUT2D eigenvalue weighted by atomic mass is 10.0. The van der Waals surface area contributed by atoms with E-state index in [-0.39, 0.29) is 22.8 Å². The third kappa shape index (κ3) is 2.93. The summed E-state index contributed by atoms with van der Waals surface area (Å²) >= 11 is 7.41. The largest absolute Gasteiger partial charge is 0.294 e. The van der Waals surface area contributed by atoms with Crippen molar-refractivity contribution < 1.29 is 9.18 Å². The van der Waals surface area contributed by atoms with Gasteiger partial charge in [0.25, 0.3) is 0 Å². The molecular weight excluding hydrogens is 259 g/mol. The standard InChI is InChI=1S/C13H10ClFOS/c14-10-2-1-3-11(15)13(10)12(16)5-4-9-6-7-17-8-9/h1-3,6-8H,4-5H2. The van der Waals surface area contributed by atoms with Crippen LogP contribution >= 0.6 is 22.9 Å². The number of ketones is 1. The summed E-state index contributed by atoms with van der Waals surface area (Å²) in [4.78, 5) is 11.9. The molecule has 2 aromatic rings. The van der Waals surface area contributed by atoms with E-state index in [0.717, 1.165) is 5.56 Å². The predicted molar refractivity (Wildman–Crippen MR) is 68.4 cm³/mol. The second-order valence-electron chi connectivity index (χ2n) is 3.65. The highest BCUT2D eigenvalue weighted by molar-refractivity contribution is 7.07. The van der Waals surface area contributed by atoms with Gasteiger partial charge in [-0.3, -0.25) is 4.79 Å². The molecule has 0 spiro atoms. The molecule has 0 unspecified atom stereocenters. The number of benzene rings is 1. The lowest BCUT2D eigenvalue weighted by Crippen LogP contribution is -2.04. The Morgan fingerprint density at radius 2 is 2.18 bits per heavy atom. The highest BCUT2D eigenvalue weighted by atomic mass is 35.5. The van der Waals surface area contributed by atoms with Gasteiger partial charge in [-0.25, -0.2) is 4.39 Å². The zero-order valence-corrected chi connectivity index (χ0v) is 10.5. The van der Waals surface area contributed by atoms with E-state index in [1.165, 1.54) is 18.2 Å². The summed E-state index contributed by atoms with van der Waals surface area (Å²) in [6, 6.07) is 6.24. The monoisotopic (exact) mass is 268 g/mol. The van der Waals surface area contributed by atoms with Crippen molar-refractivity contribution in [2.45, 2.75) is 12.8 Å². The molecule has 0 aliphatic carbocycles. The molecule has 0 aliphatic rings. The van der Waals surface area contributed by atoms with Crippen molar-refractivity contribution in [3.8, 4) is 0 Å². The average molecular weight is 269 g/mol. The molecule has 2 rings (SSSR count). The molecule has 88 valence electrons. The first kappa shape index (κ1) is 12.3. The van der Waals surface area contributed by atoms with Crippen molar-refractivity contribution in [2.75, 3.05) is 0 Å². The Morgan fingerprint density at radius 3 is 2.82 bits per heavy atom. The van der Waals surface area contributed by atoms with Crippen LogP contribution in [0.2, 0.25) is 5.02 Å². The van der Waals surface area contributed by atoms with Crippen LogP contribution < -0.4 is 0 Å². The Labute approximate surface area is 108 Å². The normalized spacial score (nSPS) is 10.5. The van der Waals surface area contributed by atoms with E-state index in [1.807, 2.05) is 16.8 Å². The lowest BCUT2D eigenvalue weighted by molar-refractivity contribution is 0.0979. The Kier molecular flexibility index (Phi) is 3.92. The van der Waals surface area contributed by atoms with Crippen molar-refractivity contribution in [1.29, 1.82) is 0 Å². The van der Waals surface area contributed by atoms with Crippen molar-refractivity contribution in [1.82, 2.24) is 0 Å². The molecule has 1 aromatic heterocycles. The fraction of sp³-hybridized carbons (Fsp3) is 0.154. The molecule has 1 aromatic carbocycles. The zero-order valence-electron chi connectivity index (χ0n) is 8.95. The zero-order chi connectivity index (χ0) is 12.3. The van der Waals surface area contributed by atoms with Crippen molar-refractivity contribution >= 4 is 28.7 Å². The van der Waals surface area contributed by atoms with Gasteiger partial charge in [0.1, 0.15) is 5.82 Å². The van der Waals surface area contributed by atoms with E-state index in [1.54, 1.807) is 11.3 Å². The molecule has 0 saturated carbocycles. The third-order valence-corrected chi connectivity index (χ3v) is 3.51. The first-order valence-corrected chi connectivity index (χ1v) is 6.49. The highest BCUT2D eigenvalue weighted by Gasteiger charge is 2.15. The second-order valence-corrected chi connectivity index (χ2v) is 4.84. The van der Waals surface area contributed by atoms with Gasteiger partial charge in [-0.05, 0) is 40.9 Å². The van der Waals surface area contributed by atoms with Gasteiger partial charge in [0, 0.05) is 6.42 Å². The lowest BCUT2D eigenvalue weighted by Gasteiger charge is -2.04. The Balaban J connectivity index is 2.10. The Morgan fingerprint density at radius 1 is 1.35 bits per heavy atom. The number of Topliss-reactive ketones (excluding diaryl/α,β-unsaturated/α-hetero) is 1. The molecule has 0 atom stereocenters. The van der Waals surface area contributed by atoms with E-state index in [9.17, 15) is 9.18 Å². The molecule has 4 heteroatoms. The van der Waals surface area contributed by atoms with Crippen LogP contribution in [0.25, 0.3) is 0 Å². The molecule has 0 bridgehead atoms. The number of rotatable bonds is 4. The van der Waals surface area contributed by atoms with E-state index in [0.29, 0.717) is 6.42 Å². The van der Waals surface area contributed by atoms with Crippen LogP contribution in [-0.2, 0) is 6.42 Å². The molecule has 0 radical (unpaired) electrons. The maximum atomic E-state index is 13.5. The molecule has 0 saturated heterocycles. The summed E-state index contributed by atoms with van der Waals surface area (Å²) < 4.78 is 13.5. The minimum absolute atomic E-state index is 0.00407. The fourth-order valence-electron chi connectivity index (χ4n) is 1.58. The molecule has 0 fully saturated rings. The number of thiophene rings is 1. The maximum absolute atomic E-state index is 13.5. The Bertz CT molecular complexity index is 502. The average Bonchev–Trinajstić information content (AvgIpc) is 2.79. The molecule has 0 aliphatic heterocycles. The van der Waals surface area contributed by atoms with E-state index in [4.69, 9.17) is 11.6 Å². The second kappa shape index (κ2) is 5.43. The first-order chi connectivity index (χ1) is 8.18. The number of aryl methyl sites for hydroxylation is 1. The van der Waals surface area contributed by atoms with Crippen molar-refractivity contribution in [3.63, 3.8) is 0 Å². The summed E-state index contributed by atoms with van der Waals surface area (Å²) in [6.45, 7) is 0. The number of carbonyl (C=O) groups excluding carboxylic acids is 1. The van der Waals surface area contributed by atoms with Crippen LogP contribution in [0.4, 0.5) is 4.39 Å². The summed E-state index contributed by atoms with van der Waals surface area (Å²) in [5.74, 6) is -0.799. The molecule has 17 heavy (non-hydrogen) atoms. The summed E-state index contributed by atoms with van der Waals surface area (Å²) in [6.07, 6.45) is 0.893. The predicted octanol–water partition coefficient (Wildman–Crippen LogP) is 4.36. The maximum Gasteiger partial charge on any atom is 0.167 e. The number of halogens is 2. The molecule has 1 nitrogen and oxygen atoms in total. The van der Waals surface area contributed by atoms with Crippen molar-refractivity contribution in [3.05, 3.63) is 57.0 Å². The van der Waals surface area contributed by atoms with Crippen LogP contribution in [0, 0.1) is 5.82 Å². The topological polar surface area (TPSA) is 17.1 Å². The Hall–Kier alpha value is -1.19. The van der Waals surface area contributed by atoms with Crippen LogP contribution in [-0.4, -0.2) is 5.78 Å². The van der Waals surface area contributed by atoms with Crippen LogP contribution in [0.3, 0.4) is 0 Å². The van der Waals surface area contributed by atoms with E-state index in [2.05, 4.69) is 0 Å². The van der Waals surface area contributed by atoms with Crippen LogP contribution in [0.15, 0.2) is 35.0 Å². The first-order valence-electron chi connectivity index (χ1n) is 5.17. The van der Waals surface area contributed by atoms with Gasteiger partial charge in [0.2, 0.25) is 0 Å². The van der Waals surface area contributed by atoms with Gasteiger partial charge in [-0.15, -0.1) is 0 Å². The third-order valence-electron chi connectivity index (χ3n) is 2.46. The minimum Gasteiger partial charge on any atom is -0.294 e. The van der Waals surface area contributed by atoms with Crippen molar-refractivity contribution in [2.24, 2.45) is 0 Å². The minimum atomic E-state index is -0.548. The molecule has 1 heterocycles. The van der Waals surface area contributed by atoms with Gasteiger partial charge in [-0.1, -0.05) is 17.7 Å². The molecular formula is C13H10ClFOS. The smallest absolute Gasteiger partial charge is 0.167 e. The SMILES string of the molecule is O=C(CCc1ccsc1)c1c(F)cccc1Cl. The summed E-state index contributed by atoms with van der Waals surface area (Å²) in [7, 11) is 0. The number of carbonyl (C=O) groups is 1. The van der Waals surface area contributed by atoms with Gasteiger partial charge in [-0.2, -0.15) is 11.3 Å². The fourth-order valence-corrected chi connectivity index (χ4v) is 2.55. The quantitative estimate of drug-likeness (QED) is 0.753. The number of hydrogen-bond acceptors (Lipinski definition) is 2. The van der Waals surface area contributed by atoms with Gasteiger partial charge >= 0.3 is 0 Å². The molecule has 0 N–H and O–H groups in total. The summed E-state index contributed by atoms with van der Waals surface area (Å²) in [5.41, 5.74) is 1.10. The summed E-state index contributed by atoms with van der Waals surface area (Å²) in [5, 5.41) is 4.12. The number of hydrogen-bond donors (Lipinski definition) is 0. The molecule has 0 amide bonds. The van der Waals surface area contributed by atoms with Gasteiger partial charge in [0.15, 0.2) is 5.78 Å². The van der Waals surface area contributed by atoms with Gasteiger partial charge in [0.05, 0.1) is 10.6 Å². The van der Waals surface area contributed by atoms with E-state index < -0.39 is 5.82 Å².